The molecule has 0 amide bonds. The van der Waals surface area contributed by atoms with Gasteiger partial charge in [-0.05, 0) is 42.1 Å². The molecule has 9 heteroatoms. The fraction of sp³-hybridized carbons (Fsp3) is 0.300. The highest BCUT2D eigenvalue weighted by Crippen LogP contribution is 2.38. The van der Waals surface area contributed by atoms with Crippen molar-refractivity contribution >= 4 is 19.7 Å². The molecule has 2 aromatic rings. The summed E-state index contributed by atoms with van der Waals surface area (Å²) in [7, 11) is -8.14. The van der Waals surface area contributed by atoms with Crippen molar-refractivity contribution in [2.45, 2.75) is 39.7 Å². The third-order valence-corrected chi connectivity index (χ3v) is 9.83. The molecular weight excluding hydrogens is 410 g/mol. The van der Waals surface area contributed by atoms with E-state index in [0.29, 0.717) is 6.42 Å². The van der Waals surface area contributed by atoms with Crippen molar-refractivity contribution in [3.63, 3.8) is 0 Å². The average Bonchev–Trinajstić information content (AvgIpc) is 2.74. The first-order chi connectivity index (χ1) is 13.8. The molecule has 0 saturated heterocycles. The second-order valence-corrected chi connectivity index (χ2v) is 11.0. The van der Waals surface area contributed by atoms with Crippen molar-refractivity contribution in [3.8, 4) is 0 Å². The lowest BCUT2D eigenvalue weighted by Gasteiger charge is -2.37. The molecule has 29 heavy (non-hydrogen) atoms. The van der Waals surface area contributed by atoms with Crippen LogP contribution in [0.2, 0.25) is 0 Å². The zero-order chi connectivity index (χ0) is 21.1. The molecule has 0 aromatic heterocycles. The van der Waals surface area contributed by atoms with Gasteiger partial charge in [-0.3, -0.25) is 0 Å². The summed E-state index contributed by atoms with van der Waals surface area (Å²) < 4.78 is 54.2. The molecule has 0 N–H and O–H groups in total. The second kappa shape index (κ2) is 8.41. The van der Waals surface area contributed by atoms with Crippen molar-refractivity contribution in [2.75, 3.05) is 0 Å². The Balaban J connectivity index is 2.26. The fourth-order valence-electron chi connectivity index (χ4n) is 3.75. The Morgan fingerprint density at radius 2 is 1.31 bits per heavy atom. The average molecular weight is 432 g/mol. The van der Waals surface area contributed by atoms with Crippen molar-refractivity contribution < 1.29 is 16.8 Å². The summed E-state index contributed by atoms with van der Waals surface area (Å²) in [5.74, 6) is -0.533. The highest BCUT2D eigenvalue weighted by atomic mass is 32.2. The van der Waals surface area contributed by atoms with E-state index in [2.05, 4.69) is 10.0 Å². The van der Waals surface area contributed by atoms with Gasteiger partial charge in [-0.1, -0.05) is 60.6 Å². The smallest absolute Gasteiger partial charge is 0.183 e. The summed E-state index contributed by atoms with van der Waals surface area (Å²) in [5, 5.41) is 0.926. The van der Waals surface area contributed by atoms with Crippen LogP contribution in [0.25, 0.3) is 10.4 Å². The molecule has 3 rings (SSSR count). The molecule has 4 atom stereocenters. The summed E-state index contributed by atoms with van der Waals surface area (Å²) in [5.41, 5.74) is 8.98. The molecule has 0 radical (unpaired) electrons. The van der Waals surface area contributed by atoms with Crippen LogP contribution >= 0.6 is 0 Å². The zero-order valence-electron chi connectivity index (χ0n) is 15.7. The van der Waals surface area contributed by atoms with Gasteiger partial charge in [-0.2, -0.15) is 0 Å². The van der Waals surface area contributed by atoms with E-state index in [-0.39, 0.29) is 9.79 Å². The highest BCUT2D eigenvalue weighted by Gasteiger charge is 2.50. The van der Waals surface area contributed by atoms with E-state index in [9.17, 15) is 16.8 Å². The van der Waals surface area contributed by atoms with Gasteiger partial charge in [0.25, 0.3) is 0 Å². The Hall–Kier alpha value is -2.61. The van der Waals surface area contributed by atoms with E-state index < -0.39 is 42.1 Å². The van der Waals surface area contributed by atoms with E-state index in [1.807, 2.05) is 6.92 Å². The van der Waals surface area contributed by atoms with Crippen molar-refractivity contribution in [1.82, 2.24) is 0 Å². The second-order valence-electron chi connectivity index (χ2n) is 6.80. The topological polar surface area (TPSA) is 117 Å². The van der Waals surface area contributed by atoms with Crippen LogP contribution in [0.15, 0.2) is 87.7 Å². The van der Waals surface area contributed by atoms with E-state index in [0.717, 1.165) is 0 Å². The molecule has 7 nitrogen and oxygen atoms in total. The summed E-state index contributed by atoms with van der Waals surface area (Å²) in [6, 6.07) is 14.3. The summed E-state index contributed by atoms with van der Waals surface area (Å²) in [6.45, 7) is 1.81. The minimum absolute atomic E-state index is 0.00144. The first kappa shape index (κ1) is 21.1. The van der Waals surface area contributed by atoms with Gasteiger partial charge in [0.05, 0.1) is 26.3 Å². The van der Waals surface area contributed by atoms with E-state index in [1.54, 1.807) is 42.5 Å². The largest absolute Gasteiger partial charge is 0.223 e. The van der Waals surface area contributed by atoms with Gasteiger partial charge < -0.3 is 0 Å². The lowest BCUT2D eigenvalue weighted by atomic mass is 9.90. The summed E-state index contributed by atoms with van der Waals surface area (Å²) >= 11 is 0. The van der Waals surface area contributed by atoms with E-state index in [4.69, 9.17) is 5.53 Å². The number of allylic oxidation sites excluding steroid dienone is 1. The monoisotopic (exact) mass is 431 g/mol. The SMILES string of the molecule is CC[C@@H]1C=C[C@@H](N=[N+]=[N-])[C@H](S(=O)(=O)c2ccccc2)[C@H]1S(=O)(=O)c1ccccc1. The Kier molecular flexibility index (Phi) is 6.12. The maximum Gasteiger partial charge on any atom is 0.183 e. The minimum Gasteiger partial charge on any atom is -0.223 e. The molecule has 0 fully saturated rings. The van der Waals surface area contributed by atoms with Crippen LogP contribution in [0, 0.1) is 5.92 Å². The molecule has 1 aliphatic carbocycles. The van der Waals surface area contributed by atoms with Crippen LogP contribution in [0.1, 0.15) is 13.3 Å². The van der Waals surface area contributed by atoms with Crippen molar-refractivity contribution in [1.29, 1.82) is 0 Å². The quantitative estimate of drug-likeness (QED) is 0.298. The molecule has 2 aromatic carbocycles. The molecule has 0 unspecified atom stereocenters. The van der Waals surface area contributed by atoms with Gasteiger partial charge >= 0.3 is 0 Å². The lowest BCUT2D eigenvalue weighted by molar-refractivity contribution is 0.463. The lowest BCUT2D eigenvalue weighted by Crippen LogP contribution is -2.51. The standard InChI is InChI=1S/C20H21N3O4S2/c1-2-15-13-14-18(22-23-21)20(29(26,27)17-11-7-4-8-12-17)19(15)28(24,25)16-9-5-3-6-10-16/h3-15,18-20H,2H2,1H3/t15-,18-,19+,20+/m1/s1. The molecular formula is C20H21N3O4S2. The number of rotatable bonds is 6. The molecule has 152 valence electrons. The van der Waals surface area contributed by atoms with Gasteiger partial charge in [0.2, 0.25) is 0 Å². The molecule has 0 heterocycles. The number of hydrogen-bond acceptors (Lipinski definition) is 5. The number of sulfone groups is 2. The van der Waals surface area contributed by atoms with Gasteiger partial charge in [0.1, 0.15) is 0 Å². The predicted octanol–water partition coefficient (Wildman–Crippen LogP) is 3.95. The normalized spacial score (nSPS) is 24.6. The Bertz CT molecular complexity index is 1140. The van der Waals surface area contributed by atoms with Crippen LogP contribution in [-0.2, 0) is 19.7 Å². The maximum atomic E-state index is 13.6. The Labute approximate surface area is 170 Å². The molecule has 0 aliphatic heterocycles. The number of hydrogen-bond donors (Lipinski definition) is 0. The number of benzene rings is 2. The van der Waals surface area contributed by atoms with Crippen molar-refractivity contribution in [3.05, 3.63) is 83.3 Å². The number of nitrogens with zero attached hydrogens (tertiary/aromatic N) is 3. The Morgan fingerprint density at radius 1 is 0.828 bits per heavy atom. The summed E-state index contributed by atoms with van der Waals surface area (Å²) in [6.07, 6.45) is 3.59. The molecule has 0 spiro atoms. The maximum absolute atomic E-state index is 13.6. The van der Waals surface area contributed by atoms with Crippen LogP contribution in [-0.4, -0.2) is 33.4 Å². The van der Waals surface area contributed by atoms with E-state index in [1.165, 1.54) is 30.3 Å². The molecule has 0 bridgehead atoms. The Morgan fingerprint density at radius 3 is 1.76 bits per heavy atom. The predicted molar refractivity (Wildman–Crippen MR) is 111 cm³/mol. The third kappa shape index (κ3) is 3.94. The summed E-state index contributed by atoms with van der Waals surface area (Å²) in [4.78, 5) is 2.82. The first-order valence-corrected chi connectivity index (χ1v) is 12.2. The zero-order valence-corrected chi connectivity index (χ0v) is 17.4. The minimum atomic E-state index is -4.11. The van der Waals surface area contributed by atoms with Crippen LogP contribution < -0.4 is 0 Å². The van der Waals surface area contributed by atoms with Crippen molar-refractivity contribution in [2.24, 2.45) is 11.0 Å². The van der Waals surface area contributed by atoms with Gasteiger partial charge in [-0.25, -0.2) is 16.8 Å². The number of azide groups is 1. The molecule has 1 aliphatic rings. The van der Waals surface area contributed by atoms with Gasteiger partial charge in [0, 0.05) is 4.91 Å². The third-order valence-electron chi connectivity index (χ3n) is 5.15. The first-order valence-electron chi connectivity index (χ1n) is 9.14. The van der Waals surface area contributed by atoms with Gasteiger partial charge in [0.15, 0.2) is 19.7 Å². The van der Waals surface area contributed by atoms with Crippen LogP contribution in [0.3, 0.4) is 0 Å². The van der Waals surface area contributed by atoms with E-state index >= 15 is 0 Å². The highest BCUT2D eigenvalue weighted by molar-refractivity contribution is 7.96. The fourth-order valence-corrected chi connectivity index (χ4v) is 8.65. The molecule has 0 saturated carbocycles. The van der Waals surface area contributed by atoms with Crippen LogP contribution in [0.5, 0.6) is 0 Å². The van der Waals surface area contributed by atoms with Crippen LogP contribution in [0.4, 0.5) is 0 Å². The van der Waals surface area contributed by atoms with Gasteiger partial charge in [-0.15, -0.1) is 0 Å².